The number of aromatic nitrogens is 4. The number of aliphatic hydroxyl groups is 1. The van der Waals surface area contributed by atoms with Crippen LogP contribution in [0.25, 0.3) is 0 Å². The summed E-state index contributed by atoms with van der Waals surface area (Å²) in [6.07, 6.45) is 1.08. The fourth-order valence-electron chi connectivity index (χ4n) is 1.62. The maximum absolute atomic E-state index is 11.6. The molecule has 0 aromatic carbocycles. The third-order valence-electron chi connectivity index (χ3n) is 2.58. The van der Waals surface area contributed by atoms with E-state index in [-0.39, 0.29) is 11.7 Å². The van der Waals surface area contributed by atoms with Crippen molar-refractivity contribution in [3.8, 4) is 0 Å². The van der Waals surface area contributed by atoms with Crippen LogP contribution in [0.4, 0.5) is 0 Å². The molecule has 102 valence electrons. The minimum atomic E-state index is -0.585. The van der Waals surface area contributed by atoms with Crippen LogP contribution in [0.15, 0.2) is 33.2 Å². The van der Waals surface area contributed by atoms with Crippen molar-refractivity contribution in [1.29, 1.82) is 0 Å². The second kappa shape index (κ2) is 5.58. The predicted octanol–water partition coefficient (Wildman–Crippen LogP) is 1.75. The zero-order chi connectivity index (χ0) is 14.0. The SMILES string of the molecule is CC(O)c1ccc(Sc2n[nH]c(=O)n2C(C)C)cn1. The molecule has 0 amide bonds. The van der Waals surface area contributed by atoms with Crippen LogP contribution in [-0.2, 0) is 0 Å². The second-order valence-corrected chi connectivity index (χ2v) is 5.51. The summed E-state index contributed by atoms with van der Waals surface area (Å²) in [4.78, 5) is 16.6. The molecular weight excluding hydrogens is 264 g/mol. The molecule has 0 aliphatic carbocycles. The number of aromatic amines is 1. The number of hydrogen-bond donors (Lipinski definition) is 2. The van der Waals surface area contributed by atoms with Crippen LogP contribution in [0.1, 0.15) is 38.6 Å². The van der Waals surface area contributed by atoms with Gasteiger partial charge in [-0.3, -0.25) is 9.55 Å². The normalized spacial score (nSPS) is 12.9. The Kier molecular flexibility index (Phi) is 4.06. The van der Waals surface area contributed by atoms with Gasteiger partial charge in [0.1, 0.15) is 0 Å². The molecule has 0 radical (unpaired) electrons. The van der Waals surface area contributed by atoms with Gasteiger partial charge in [-0.05, 0) is 44.7 Å². The highest BCUT2D eigenvalue weighted by atomic mass is 32.2. The molecule has 19 heavy (non-hydrogen) atoms. The van der Waals surface area contributed by atoms with Gasteiger partial charge in [0.25, 0.3) is 0 Å². The second-order valence-electron chi connectivity index (χ2n) is 4.47. The summed E-state index contributed by atoms with van der Waals surface area (Å²) < 4.78 is 1.59. The summed E-state index contributed by atoms with van der Waals surface area (Å²) in [7, 11) is 0. The Labute approximate surface area is 114 Å². The Bertz CT molecular complexity index is 601. The zero-order valence-corrected chi connectivity index (χ0v) is 11.8. The molecule has 0 spiro atoms. The van der Waals surface area contributed by atoms with Gasteiger partial charge < -0.3 is 5.11 Å². The van der Waals surface area contributed by atoms with Crippen molar-refractivity contribution in [2.75, 3.05) is 0 Å². The van der Waals surface area contributed by atoms with E-state index in [9.17, 15) is 9.90 Å². The summed E-state index contributed by atoms with van der Waals surface area (Å²) in [5, 5.41) is 16.4. The van der Waals surface area contributed by atoms with Crippen LogP contribution in [0, 0.1) is 0 Å². The highest BCUT2D eigenvalue weighted by molar-refractivity contribution is 7.99. The van der Waals surface area contributed by atoms with E-state index in [4.69, 9.17) is 0 Å². The van der Waals surface area contributed by atoms with Crippen LogP contribution in [0.2, 0.25) is 0 Å². The first kappa shape index (κ1) is 13.8. The smallest absolute Gasteiger partial charge is 0.344 e. The minimum Gasteiger partial charge on any atom is -0.387 e. The third kappa shape index (κ3) is 3.05. The lowest BCUT2D eigenvalue weighted by Gasteiger charge is -2.08. The lowest BCUT2D eigenvalue weighted by atomic mass is 10.2. The Balaban J connectivity index is 2.24. The van der Waals surface area contributed by atoms with Gasteiger partial charge in [-0.15, -0.1) is 5.10 Å². The third-order valence-corrected chi connectivity index (χ3v) is 3.53. The Morgan fingerprint density at radius 2 is 2.11 bits per heavy atom. The maximum Gasteiger partial charge on any atom is 0.344 e. The lowest BCUT2D eigenvalue weighted by Crippen LogP contribution is -2.19. The summed E-state index contributed by atoms with van der Waals surface area (Å²) in [6, 6.07) is 3.65. The molecule has 0 aliphatic heterocycles. The van der Waals surface area contributed by atoms with Crippen molar-refractivity contribution >= 4 is 11.8 Å². The average molecular weight is 280 g/mol. The summed E-state index contributed by atoms with van der Waals surface area (Å²) in [5.74, 6) is 0. The van der Waals surface area contributed by atoms with Crippen LogP contribution in [-0.4, -0.2) is 24.9 Å². The van der Waals surface area contributed by atoms with Crippen molar-refractivity contribution in [3.05, 3.63) is 34.5 Å². The molecule has 2 aromatic heterocycles. The van der Waals surface area contributed by atoms with E-state index in [2.05, 4.69) is 15.2 Å². The predicted molar refractivity (Wildman–Crippen MR) is 72.2 cm³/mol. The molecule has 1 unspecified atom stereocenters. The van der Waals surface area contributed by atoms with Gasteiger partial charge in [-0.25, -0.2) is 9.89 Å². The van der Waals surface area contributed by atoms with Crippen LogP contribution >= 0.6 is 11.8 Å². The van der Waals surface area contributed by atoms with Gasteiger partial charge in [-0.2, -0.15) is 0 Å². The van der Waals surface area contributed by atoms with E-state index in [0.29, 0.717) is 10.9 Å². The monoisotopic (exact) mass is 280 g/mol. The summed E-state index contributed by atoms with van der Waals surface area (Å²) >= 11 is 1.36. The molecule has 0 saturated heterocycles. The Hall–Kier alpha value is -1.60. The quantitative estimate of drug-likeness (QED) is 0.891. The van der Waals surface area contributed by atoms with Crippen molar-refractivity contribution in [2.45, 2.75) is 43.0 Å². The Morgan fingerprint density at radius 1 is 1.37 bits per heavy atom. The first-order valence-corrected chi connectivity index (χ1v) is 6.79. The molecule has 0 aliphatic rings. The van der Waals surface area contributed by atoms with Crippen LogP contribution in [0.3, 0.4) is 0 Å². The number of rotatable bonds is 4. The van der Waals surface area contributed by atoms with Crippen molar-refractivity contribution in [3.63, 3.8) is 0 Å². The lowest BCUT2D eigenvalue weighted by molar-refractivity contribution is 0.194. The molecule has 1 atom stereocenters. The van der Waals surface area contributed by atoms with E-state index >= 15 is 0 Å². The average Bonchev–Trinajstić information content (AvgIpc) is 2.71. The molecule has 7 heteroatoms. The van der Waals surface area contributed by atoms with Gasteiger partial charge in [0.2, 0.25) is 0 Å². The van der Waals surface area contributed by atoms with Crippen molar-refractivity contribution in [1.82, 2.24) is 19.7 Å². The number of H-pyrrole nitrogens is 1. The van der Waals surface area contributed by atoms with Gasteiger partial charge in [0.15, 0.2) is 5.16 Å². The van der Waals surface area contributed by atoms with Gasteiger partial charge in [-0.1, -0.05) is 0 Å². The van der Waals surface area contributed by atoms with E-state index in [1.165, 1.54) is 11.8 Å². The molecular formula is C12H16N4O2S. The molecule has 6 nitrogen and oxygen atoms in total. The van der Waals surface area contributed by atoms with Gasteiger partial charge in [0, 0.05) is 17.1 Å². The largest absolute Gasteiger partial charge is 0.387 e. The Morgan fingerprint density at radius 3 is 2.63 bits per heavy atom. The topological polar surface area (TPSA) is 83.8 Å². The molecule has 2 N–H and O–H groups in total. The summed E-state index contributed by atoms with van der Waals surface area (Å²) in [5.41, 5.74) is 0.402. The molecule has 2 rings (SSSR count). The highest BCUT2D eigenvalue weighted by Crippen LogP contribution is 2.26. The minimum absolute atomic E-state index is 0.0402. The number of aliphatic hydroxyl groups excluding tert-OH is 1. The van der Waals surface area contributed by atoms with Crippen LogP contribution < -0.4 is 5.69 Å². The van der Waals surface area contributed by atoms with Gasteiger partial charge >= 0.3 is 5.69 Å². The zero-order valence-electron chi connectivity index (χ0n) is 11.0. The molecule has 0 saturated carbocycles. The standard InChI is InChI=1S/C12H16N4O2S/c1-7(2)16-11(18)14-15-12(16)19-9-4-5-10(8(3)17)13-6-9/h4-8,17H,1-3H3,(H,14,18). The highest BCUT2D eigenvalue weighted by Gasteiger charge is 2.13. The number of nitrogens with zero attached hydrogens (tertiary/aromatic N) is 3. The number of nitrogens with one attached hydrogen (secondary N) is 1. The molecule has 2 heterocycles. The maximum atomic E-state index is 11.6. The molecule has 2 aromatic rings. The number of pyridine rings is 1. The van der Waals surface area contributed by atoms with Crippen LogP contribution in [0.5, 0.6) is 0 Å². The fourth-order valence-corrected chi connectivity index (χ4v) is 2.56. The first-order valence-electron chi connectivity index (χ1n) is 5.98. The summed E-state index contributed by atoms with van der Waals surface area (Å²) in [6.45, 7) is 5.52. The first-order chi connectivity index (χ1) is 8.99. The molecule has 0 bridgehead atoms. The van der Waals surface area contributed by atoms with E-state index in [0.717, 1.165) is 4.90 Å². The van der Waals surface area contributed by atoms with Gasteiger partial charge in [0.05, 0.1) is 11.8 Å². The van der Waals surface area contributed by atoms with E-state index in [1.54, 1.807) is 23.8 Å². The van der Waals surface area contributed by atoms with E-state index in [1.807, 2.05) is 19.9 Å². The molecule has 0 fully saturated rings. The number of hydrogen-bond acceptors (Lipinski definition) is 5. The van der Waals surface area contributed by atoms with E-state index < -0.39 is 6.10 Å². The fraction of sp³-hybridized carbons (Fsp3) is 0.417. The van der Waals surface area contributed by atoms with Crippen molar-refractivity contribution < 1.29 is 5.11 Å². The van der Waals surface area contributed by atoms with Crippen molar-refractivity contribution in [2.24, 2.45) is 0 Å².